The summed E-state index contributed by atoms with van der Waals surface area (Å²) in [4.78, 5) is 0. The molecule has 0 aliphatic heterocycles. The van der Waals surface area contributed by atoms with Gasteiger partial charge in [-0.15, -0.1) is 0 Å². The number of hydrogen-bond donors (Lipinski definition) is 1. The molecule has 0 radical (unpaired) electrons. The third-order valence-corrected chi connectivity index (χ3v) is 6.50. The minimum absolute atomic E-state index is 0.159. The first-order chi connectivity index (χ1) is 9.48. The zero-order chi connectivity index (χ0) is 14.0. The van der Waals surface area contributed by atoms with Gasteiger partial charge < -0.3 is 5.73 Å². The summed E-state index contributed by atoms with van der Waals surface area (Å²) in [6.07, 6.45) is 8.33. The summed E-state index contributed by atoms with van der Waals surface area (Å²) in [6.45, 7) is 2.50. The maximum atomic E-state index is 6.76. The predicted molar refractivity (Wildman–Crippen MR) is 83.6 cm³/mol. The SMILES string of the molecule is CC12CC3CC(C1)CC(C(N)c1cccc(Cl)c1)(C3)C2. The molecule has 0 heterocycles. The first kappa shape index (κ1) is 13.2. The van der Waals surface area contributed by atoms with Crippen LogP contribution in [-0.2, 0) is 0 Å². The van der Waals surface area contributed by atoms with Crippen LogP contribution in [0.1, 0.15) is 57.1 Å². The molecule has 5 rings (SSSR count). The van der Waals surface area contributed by atoms with E-state index < -0.39 is 0 Å². The lowest BCUT2D eigenvalue weighted by Gasteiger charge is -2.63. The Morgan fingerprint density at radius 2 is 1.90 bits per heavy atom. The van der Waals surface area contributed by atoms with Crippen molar-refractivity contribution in [3.63, 3.8) is 0 Å². The smallest absolute Gasteiger partial charge is 0.0409 e. The molecule has 0 aromatic heterocycles. The molecule has 4 aliphatic carbocycles. The second-order valence-corrected chi connectivity index (χ2v) is 8.60. The largest absolute Gasteiger partial charge is 0.323 e. The van der Waals surface area contributed by atoms with Crippen LogP contribution in [-0.4, -0.2) is 0 Å². The van der Waals surface area contributed by atoms with Gasteiger partial charge in [0.2, 0.25) is 0 Å². The molecule has 2 N–H and O–H groups in total. The van der Waals surface area contributed by atoms with E-state index in [1.165, 1.54) is 44.1 Å². The maximum Gasteiger partial charge on any atom is 0.0409 e. The molecule has 0 amide bonds. The van der Waals surface area contributed by atoms with Gasteiger partial charge in [-0.2, -0.15) is 0 Å². The van der Waals surface area contributed by atoms with Crippen molar-refractivity contribution in [2.24, 2.45) is 28.4 Å². The summed E-state index contributed by atoms with van der Waals surface area (Å²) in [5, 5.41) is 0.814. The van der Waals surface area contributed by atoms with E-state index in [-0.39, 0.29) is 6.04 Å². The van der Waals surface area contributed by atoms with Gasteiger partial charge in [0.25, 0.3) is 0 Å². The van der Waals surface area contributed by atoms with Crippen LogP contribution in [0.2, 0.25) is 5.02 Å². The van der Waals surface area contributed by atoms with Crippen molar-refractivity contribution in [3.8, 4) is 0 Å². The predicted octanol–water partition coefficient (Wildman–Crippen LogP) is 4.95. The second kappa shape index (κ2) is 4.24. The van der Waals surface area contributed by atoms with E-state index in [0.717, 1.165) is 16.9 Å². The fourth-order valence-electron chi connectivity index (χ4n) is 6.22. The monoisotopic (exact) mass is 289 g/mol. The van der Waals surface area contributed by atoms with Crippen LogP contribution < -0.4 is 5.73 Å². The Balaban J connectivity index is 1.70. The highest BCUT2D eigenvalue weighted by atomic mass is 35.5. The normalized spacial score (nSPS) is 43.8. The van der Waals surface area contributed by atoms with Gasteiger partial charge in [0.1, 0.15) is 0 Å². The van der Waals surface area contributed by atoms with E-state index in [2.05, 4.69) is 19.1 Å². The van der Waals surface area contributed by atoms with Gasteiger partial charge in [-0.05, 0) is 78.9 Å². The van der Waals surface area contributed by atoms with E-state index in [0.29, 0.717) is 10.8 Å². The fourth-order valence-corrected chi connectivity index (χ4v) is 6.41. The topological polar surface area (TPSA) is 26.0 Å². The average molecular weight is 290 g/mol. The Kier molecular flexibility index (Phi) is 2.79. The Labute approximate surface area is 126 Å². The lowest BCUT2D eigenvalue weighted by atomic mass is 9.43. The Hall–Kier alpha value is -0.530. The summed E-state index contributed by atoms with van der Waals surface area (Å²) in [5.41, 5.74) is 8.89. The molecule has 4 fully saturated rings. The van der Waals surface area contributed by atoms with E-state index >= 15 is 0 Å². The summed E-state index contributed by atoms with van der Waals surface area (Å²) in [5.74, 6) is 1.85. The van der Waals surface area contributed by atoms with E-state index in [1.54, 1.807) is 0 Å². The van der Waals surface area contributed by atoms with Gasteiger partial charge in [0, 0.05) is 11.1 Å². The molecule has 4 bridgehead atoms. The number of hydrogen-bond acceptors (Lipinski definition) is 1. The molecule has 108 valence electrons. The molecular weight excluding hydrogens is 266 g/mol. The number of rotatable bonds is 2. The Morgan fingerprint density at radius 1 is 1.20 bits per heavy atom. The van der Waals surface area contributed by atoms with Crippen molar-refractivity contribution >= 4 is 11.6 Å². The minimum Gasteiger partial charge on any atom is -0.323 e. The first-order valence-corrected chi connectivity index (χ1v) is 8.37. The van der Waals surface area contributed by atoms with E-state index in [4.69, 9.17) is 17.3 Å². The zero-order valence-electron chi connectivity index (χ0n) is 12.2. The van der Waals surface area contributed by atoms with Crippen molar-refractivity contribution in [1.82, 2.24) is 0 Å². The quantitative estimate of drug-likeness (QED) is 0.819. The van der Waals surface area contributed by atoms with Crippen LogP contribution in [0.3, 0.4) is 0 Å². The number of benzene rings is 1. The van der Waals surface area contributed by atoms with Gasteiger partial charge in [-0.3, -0.25) is 0 Å². The standard InChI is InChI=1S/C18H24ClN/c1-17-7-12-5-13(8-17)10-18(9-12,11-17)16(20)14-3-2-4-15(19)6-14/h2-4,6,12-13,16H,5,7-11,20H2,1H3. The fraction of sp³-hybridized carbons (Fsp3) is 0.667. The molecule has 4 aliphatic rings. The van der Waals surface area contributed by atoms with Crippen LogP contribution in [0.4, 0.5) is 0 Å². The average Bonchev–Trinajstić information content (AvgIpc) is 2.35. The van der Waals surface area contributed by atoms with Crippen molar-refractivity contribution in [2.75, 3.05) is 0 Å². The first-order valence-electron chi connectivity index (χ1n) is 7.99. The van der Waals surface area contributed by atoms with Gasteiger partial charge in [0.05, 0.1) is 0 Å². The van der Waals surface area contributed by atoms with Crippen molar-refractivity contribution in [3.05, 3.63) is 34.9 Å². The molecule has 0 saturated heterocycles. The summed E-state index contributed by atoms with van der Waals surface area (Å²) >= 11 is 6.17. The number of halogens is 1. The lowest BCUT2D eigenvalue weighted by molar-refractivity contribution is -0.113. The third kappa shape index (κ3) is 1.94. The van der Waals surface area contributed by atoms with Gasteiger partial charge in [0.15, 0.2) is 0 Å². The Bertz CT molecular complexity index is 524. The van der Waals surface area contributed by atoms with Crippen LogP contribution in [0.25, 0.3) is 0 Å². The second-order valence-electron chi connectivity index (χ2n) is 8.17. The van der Waals surface area contributed by atoms with Gasteiger partial charge >= 0.3 is 0 Å². The number of nitrogens with two attached hydrogens (primary N) is 1. The molecule has 3 unspecified atom stereocenters. The molecule has 3 atom stereocenters. The molecule has 1 nitrogen and oxygen atoms in total. The summed E-state index contributed by atoms with van der Waals surface area (Å²) in [6, 6.07) is 8.38. The van der Waals surface area contributed by atoms with E-state index in [9.17, 15) is 0 Å². The van der Waals surface area contributed by atoms with Crippen LogP contribution in [0, 0.1) is 22.7 Å². The van der Waals surface area contributed by atoms with Crippen molar-refractivity contribution < 1.29 is 0 Å². The molecule has 2 heteroatoms. The van der Waals surface area contributed by atoms with Gasteiger partial charge in [-0.25, -0.2) is 0 Å². The maximum absolute atomic E-state index is 6.76. The van der Waals surface area contributed by atoms with Crippen LogP contribution >= 0.6 is 11.6 Å². The van der Waals surface area contributed by atoms with Crippen LogP contribution in [0.5, 0.6) is 0 Å². The lowest BCUT2D eigenvalue weighted by Crippen LogP contribution is -2.54. The highest BCUT2D eigenvalue weighted by Gasteiger charge is 2.57. The highest BCUT2D eigenvalue weighted by Crippen LogP contribution is 2.67. The van der Waals surface area contributed by atoms with Gasteiger partial charge in [-0.1, -0.05) is 30.7 Å². The highest BCUT2D eigenvalue weighted by molar-refractivity contribution is 6.30. The molecule has 1 aromatic rings. The van der Waals surface area contributed by atoms with Crippen molar-refractivity contribution in [2.45, 2.75) is 51.5 Å². The Morgan fingerprint density at radius 3 is 2.50 bits per heavy atom. The summed E-state index contributed by atoms with van der Waals surface area (Å²) in [7, 11) is 0. The summed E-state index contributed by atoms with van der Waals surface area (Å²) < 4.78 is 0. The van der Waals surface area contributed by atoms with Crippen molar-refractivity contribution in [1.29, 1.82) is 0 Å². The molecule has 1 aromatic carbocycles. The molecule has 20 heavy (non-hydrogen) atoms. The molecule has 0 spiro atoms. The molecular formula is C18H24ClN. The van der Waals surface area contributed by atoms with Crippen LogP contribution in [0.15, 0.2) is 24.3 Å². The minimum atomic E-state index is 0.159. The van der Waals surface area contributed by atoms with E-state index in [1.807, 2.05) is 12.1 Å². The molecule has 4 saturated carbocycles. The zero-order valence-corrected chi connectivity index (χ0v) is 13.0. The third-order valence-electron chi connectivity index (χ3n) is 6.27.